The second-order valence-corrected chi connectivity index (χ2v) is 21.4. The molecule has 2 aromatic carbocycles. The van der Waals surface area contributed by atoms with Gasteiger partial charge in [-0.25, -0.2) is 35.4 Å². The molecule has 14 nitrogen and oxygen atoms in total. The Balaban J connectivity index is 0.963. The summed E-state index contributed by atoms with van der Waals surface area (Å²) in [5, 5.41) is 0.962. The maximum Gasteiger partial charge on any atom is 0.287 e. The van der Waals surface area contributed by atoms with Crippen molar-refractivity contribution < 1.29 is 26.4 Å². The molecular formula is C38H46N8O6S4. The molecule has 0 atom stereocenters. The van der Waals surface area contributed by atoms with Crippen molar-refractivity contribution in [3.05, 3.63) is 78.7 Å². The van der Waals surface area contributed by atoms with E-state index in [1.54, 1.807) is 14.1 Å². The van der Waals surface area contributed by atoms with Crippen molar-refractivity contribution in [1.82, 2.24) is 28.4 Å². The van der Waals surface area contributed by atoms with Gasteiger partial charge < -0.3 is 9.80 Å². The predicted molar refractivity (Wildman–Crippen MR) is 220 cm³/mol. The molecule has 2 amide bonds. The molecule has 4 aliphatic rings. The Morgan fingerprint density at radius 1 is 0.643 bits per heavy atom. The summed E-state index contributed by atoms with van der Waals surface area (Å²) < 4.78 is 50.1. The fraction of sp³-hybridized carbons (Fsp3) is 0.474. The monoisotopic (exact) mass is 838 g/mol. The maximum atomic E-state index is 14.0. The molecule has 0 aliphatic carbocycles. The molecule has 0 radical (unpaired) electrons. The van der Waals surface area contributed by atoms with E-state index < -0.39 is 20.0 Å². The van der Waals surface area contributed by atoms with Gasteiger partial charge in [-0.15, -0.1) is 22.7 Å². The van der Waals surface area contributed by atoms with Crippen molar-refractivity contribution in [1.29, 1.82) is 0 Å². The minimum atomic E-state index is -3.24. The van der Waals surface area contributed by atoms with Crippen LogP contribution in [0.4, 0.5) is 11.4 Å². The fourth-order valence-electron chi connectivity index (χ4n) is 7.98. The molecule has 0 saturated carbocycles. The van der Waals surface area contributed by atoms with E-state index in [9.17, 15) is 26.4 Å². The number of thiazole rings is 2. The van der Waals surface area contributed by atoms with Gasteiger partial charge in [-0.1, -0.05) is 24.3 Å². The van der Waals surface area contributed by atoms with Crippen LogP contribution in [0.15, 0.2) is 36.4 Å². The van der Waals surface area contributed by atoms with Gasteiger partial charge in [0.1, 0.15) is 0 Å². The van der Waals surface area contributed by atoms with Gasteiger partial charge in [0.15, 0.2) is 10.0 Å². The van der Waals surface area contributed by atoms with Crippen molar-refractivity contribution in [3.8, 4) is 11.1 Å². The number of sulfonamides is 2. The number of carbonyl (C=O) groups excluding carboxylic acids is 2. The summed E-state index contributed by atoms with van der Waals surface area (Å²) in [6, 6.07) is 12.2. The summed E-state index contributed by atoms with van der Waals surface area (Å²) >= 11 is 2.87. The Hall–Kier alpha value is -3.62. The Morgan fingerprint density at radius 3 is 1.45 bits per heavy atom. The Kier molecular flexibility index (Phi) is 10.7. The molecule has 298 valence electrons. The van der Waals surface area contributed by atoms with Crippen molar-refractivity contribution >= 4 is 65.9 Å². The van der Waals surface area contributed by atoms with Crippen LogP contribution in [0, 0.1) is 0 Å². The zero-order valence-corrected chi connectivity index (χ0v) is 35.3. The number of hydrogen-bond acceptors (Lipinski definition) is 12. The number of aromatic nitrogens is 2. The maximum absolute atomic E-state index is 14.0. The molecule has 0 N–H and O–H groups in total. The van der Waals surface area contributed by atoms with Crippen molar-refractivity contribution in [3.63, 3.8) is 0 Å². The predicted octanol–water partition coefficient (Wildman–Crippen LogP) is 3.17. The number of benzene rings is 2. The third kappa shape index (κ3) is 7.69. The number of carbonyl (C=O) groups is 2. The largest absolute Gasteiger partial charge is 0.306 e. The minimum absolute atomic E-state index is 0.103. The second kappa shape index (κ2) is 15.3. The smallest absolute Gasteiger partial charge is 0.287 e. The summed E-state index contributed by atoms with van der Waals surface area (Å²) in [6.07, 6.45) is 5.29. The van der Waals surface area contributed by atoms with Crippen molar-refractivity contribution in [2.75, 3.05) is 88.8 Å². The van der Waals surface area contributed by atoms with Crippen LogP contribution < -0.4 is 9.80 Å². The lowest BCUT2D eigenvalue weighted by molar-refractivity contribution is 0.0981. The minimum Gasteiger partial charge on any atom is -0.306 e. The van der Waals surface area contributed by atoms with Crippen LogP contribution in [0.5, 0.6) is 0 Å². The first-order chi connectivity index (χ1) is 26.7. The van der Waals surface area contributed by atoms with Crippen LogP contribution in [-0.2, 0) is 58.8 Å². The van der Waals surface area contributed by atoms with Gasteiger partial charge in [-0.2, -0.15) is 0 Å². The van der Waals surface area contributed by atoms with E-state index in [4.69, 9.17) is 9.97 Å². The van der Waals surface area contributed by atoms with Gasteiger partial charge in [0.05, 0.1) is 23.9 Å². The summed E-state index contributed by atoms with van der Waals surface area (Å²) in [5.74, 6) is -0.205. The van der Waals surface area contributed by atoms with Crippen LogP contribution in [0.1, 0.15) is 51.9 Å². The van der Waals surface area contributed by atoms with Crippen LogP contribution >= 0.6 is 22.7 Å². The summed E-state index contributed by atoms with van der Waals surface area (Å²) in [5.41, 5.74) is 8.05. The molecule has 56 heavy (non-hydrogen) atoms. The standard InChI is InChI=1S/C38H46N8O6S4/c1-41(55(3,49)50)19-21-43-15-13-29-33(23-43)53-35(39-29)37(47)45-17-11-27-25(7-5-9-31(27)45)26-8-6-10-32-28(26)12-18-46(32)38(48)36-40-30-14-16-44(24-34(30)54-36)22-20-42(2)56(4,51)52/h5-10H,11-24H2,1-4H3. The normalized spacial score (nSPS) is 17.4. The number of nitrogens with zero attached hydrogens (tertiary/aromatic N) is 8. The van der Waals surface area contributed by atoms with Crippen LogP contribution in [0.3, 0.4) is 0 Å². The molecule has 18 heteroatoms. The number of anilines is 2. The second-order valence-electron chi connectivity index (χ2n) is 15.0. The summed E-state index contributed by atoms with van der Waals surface area (Å²) in [7, 11) is -3.30. The molecule has 0 spiro atoms. The van der Waals surface area contributed by atoms with E-state index in [-0.39, 0.29) is 11.8 Å². The number of hydrogen-bond donors (Lipinski definition) is 0. The molecule has 0 unspecified atom stereocenters. The SMILES string of the molecule is CN(CCN1CCc2nc(C(=O)N3CCc4c(-c5cccc6c5CCN6C(=O)c5nc6c(s5)CN(CCN(C)S(C)(=O)=O)CC6)cccc43)sc2C1)S(C)(=O)=O. The van der Waals surface area contributed by atoms with Crippen LogP contribution in [0.2, 0.25) is 0 Å². The topological polar surface area (TPSA) is 148 Å². The van der Waals surface area contributed by atoms with E-state index >= 15 is 0 Å². The summed E-state index contributed by atoms with van der Waals surface area (Å²) in [6.45, 7) is 5.99. The molecule has 0 fully saturated rings. The van der Waals surface area contributed by atoms with Gasteiger partial charge in [-0.3, -0.25) is 19.4 Å². The first kappa shape index (κ1) is 39.2. The van der Waals surface area contributed by atoms with E-state index in [0.717, 1.165) is 80.7 Å². The van der Waals surface area contributed by atoms with Crippen LogP contribution in [0.25, 0.3) is 11.1 Å². The van der Waals surface area contributed by atoms with Gasteiger partial charge in [0.25, 0.3) is 11.8 Å². The van der Waals surface area contributed by atoms with Gasteiger partial charge in [0, 0.05) is 114 Å². The number of likely N-dealkylation sites (N-methyl/N-ethyl adjacent to an activating group) is 2. The lowest BCUT2D eigenvalue weighted by atomic mass is 9.93. The highest BCUT2D eigenvalue weighted by Gasteiger charge is 2.35. The number of amides is 2. The van der Waals surface area contributed by atoms with E-state index in [1.165, 1.54) is 43.8 Å². The first-order valence-electron chi connectivity index (χ1n) is 18.8. The average molecular weight is 839 g/mol. The quantitative estimate of drug-likeness (QED) is 0.221. The van der Waals surface area contributed by atoms with Gasteiger partial charge in [-0.05, 0) is 47.2 Å². The molecule has 8 rings (SSSR count). The zero-order valence-electron chi connectivity index (χ0n) is 32.0. The zero-order chi connectivity index (χ0) is 39.5. The number of fused-ring (bicyclic) bond motifs is 4. The Labute approximate surface area is 336 Å². The lowest BCUT2D eigenvalue weighted by Gasteiger charge is -2.27. The van der Waals surface area contributed by atoms with Gasteiger partial charge >= 0.3 is 0 Å². The lowest BCUT2D eigenvalue weighted by Crippen LogP contribution is -2.38. The third-order valence-corrected chi connectivity index (χ3v) is 16.2. The molecule has 2 aromatic heterocycles. The molecule has 0 bridgehead atoms. The van der Waals surface area contributed by atoms with Crippen molar-refractivity contribution in [2.24, 2.45) is 0 Å². The highest BCUT2D eigenvalue weighted by atomic mass is 32.2. The summed E-state index contributed by atoms with van der Waals surface area (Å²) in [4.78, 5) is 47.9. The molecule has 6 heterocycles. The third-order valence-electron chi connectivity index (χ3n) is 11.4. The first-order valence-corrected chi connectivity index (χ1v) is 24.1. The number of rotatable bonds is 11. The average Bonchev–Trinajstić information content (AvgIpc) is 3.98. The highest BCUT2D eigenvalue weighted by molar-refractivity contribution is 7.88. The van der Waals surface area contributed by atoms with Gasteiger partial charge in [0.2, 0.25) is 20.0 Å². The highest BCUT2D eigenvalue weighted by Crippen LogP contribution is 2.43. The molecular weight excluding hydrogens is 793 g/mol. The van der Waals surface area contributed by atoms with Crippen LogP contribution in [-0.4, -0.2) is 136 Å². The Bertz CT molecular complexity index is 2260. The van der Waals surface area contributed by atoms with E-state index in [2.05, 4.69) is 21.9 Å². The van der Waals surface area contributed by atoms with E-state index in [1.807, 2.05) is 34.1 Å². The van der Waals surface area contributed by atoms with E-state index in [0.29, 0.717) is 75.2 Å². The fourth-order valence-corrected chi connectivity index (χ4v) is 11.0. The van der Waals surface area contributed by atoms with Crippen molar-refractivity contribution in [2.45, 2.75) is 38.8 Å². The molecule has 4 aliphatic heterocycles. The molecule has 4 aromatic rings. The molecule has 0 saturated heterocycles. The Morgan fingerprint density at radius 2 is 1.05 bits per heavy atom.